The topological polar surface area (TPSA) is 55.6 Å². The molecule has 0 aliphatic carbocycles. The Hall–Kier alpha value is -1.55. The van der Waals surface area contributed by atoms with Gasteiger partial charge in [0.05, 0.1) is 5.54 Å². The van der Waals surface area contributed by atoms with Crippen LogP contribution in [-0.4, -0.2) is 36.0 Å². The summed E-state index contributed by atoms with van der Waals surface area (Å²) in [5.74, 6) is 1.10. The van der Waals surface area contributed by atoms with Crippen LogP contribution in [0.4, 0.5) is 0 Å². The van der Waals surface area contributed by atoms with Crippen molar-refractivity contribution in [2.45, 2.75) is 19.4 Å². The maximum atomic E-state index is 11.9. The van der Waals surface area contributed by atoms with Gasteiger partial charge in [0.25, 0.3) is 5.91 Å². The van der Waals surface area contributed by atoms with E-state index in [0.29, 0.717) is 24.8 Å². The van der Waals surface area contributed by atoms with Crippen LogP contribution in [0, 0.1) is 5.92 Å². The highest BCUT2D eigenvalue weighted by Crippen LogP contribution is 2.26. The normalized spacial score (nSPS) is 17.4. The standard InChI is InChI=1S/C14H20N2O2/c1-11(2)14(15)9-16(10-14)13(17)8-18-12-6-4-3-5-7-12/h3-7,11H,8-10,15H2,1-2H3. The van der Waals surface area contributed by atoms with E-state index in [0.717, 1.165) is 0 Å². The molecule has 0 atom stereocenters. The maximum Gasteiger partial charge on any atom is 0.260 e. The smallest absolute Gasteiger partial charge is 0.260 e. The number of rotatable bonds is 4. The average molecular weight is 248 g/mol. The molecule has 1 fully saturated rings. The molecule has 0 saturated carbocycles. The Morgan fingerprint density at radius 2 is 2.00 bits per heavy atom. The average Bonchev–Trinajstić information content (AvgIpc) is 2.33. The van der Waals surface area contributed by atoms with Crippen LogP contribution in [0.2, 0.25) is 0 Å². The van der Waals surface area contributed by atoms with Crippen LogP contribution in [0.15, 0.2) is 30.3 Å². The van der Waals surface area contributed by atoms with Crippen LogP contribution >= 0.6 is 0 Å². The Morgan fingerprint density at radius 3 is 2.56 bits per heavy atom. The quantitative estimate of drug-likeness (QED) is 0.872. The molecule has 1 saturated heterocycles. The Balaban J connectivity index is 1.78. The van der Waals surface area contributed by atoms with Gasteiger partial charge in [0, 0.05) is 13.1 Å². The zero-order valence-corrected chi connectivity index (χ0v) is 10.9. The number of hydrogen-bond donors (Lipinski definition) is 1. The van der Waals surface area contributed by atoms with Crippen LogP contribution in [0.1, 0.15) is 13.8 Å². The highest BCUT2D eigenvalue weighted by Gasteiger charge is 2.44. The van der Waals surface area contributed by atoms with Crippen molar-refractivity contribution in [3.05, 3.63) is 30.3 Å². The molecule has 1 amide bonds. The zero-order chi connectivity index (χ0) is 13.2. The second kappa shape index (κ2) is 4.98. The number of carbonyl (C=O) groups is 1. The third kappa shape index (κ3) is 2.64. The molecule has 2 rings (SSSR count). The van der Waals surface area contributed by atoms with Gasteiger partial charge in [-0.05, 0) is 18.1 Å². The van der Waals surface area contributed by atoms with Crippen molar-refractivity contribution in [3.63, 3.8) is 0 Å². The second-order valence-corrected chi connectivity index (χ2v) is 5.24. The van der Waals surface area contributed by atoms with Crippen molar-refractivity contribution < 1.29 is 9.53 Å². The highest BCUT2D eigenvalue weighted by molar-refractivity contribution is 5.79. The molecule has 0 bridgehead atoms. The van der Waals surface area contributed by atoms with Gasteiger partial charge in [-0.25, -0.2) is 0 Å². The summed E-state index contributed by atoms with van der Waals surface area (Å²) in [6, 6.07) is 9.35. The van der Waals surface area contributed by atoms with Crippen LogP contribution < -0.4 is 10.5 Å². The summed E-state index contributed by atoms with van der Waals surface area (Å²) in [6.07, 6.45) is 0. The van der Waals surface area contributed by atoms with E-state index in [1.165, 1.54) is 0 Å². The highest BCUT2D eigenvalue weighted by atomic mass is 16.5. The van der Waals surface area contributed by atoms with Crippen molar-refractivity contribution >= 4 is 5.91 Å². The van der Waals surface area contributed by atoms with Gasteiger partial charge >= 0.3 is 0 Å². The summed E-state index contributed by atoms with van der Waals surface area (Å²) in [6.45, 7) is 5.51. The molecule has 0 radical (unpaired) electrons. The van der Waals surface area contributed by atoms with Gasteiger partial charge in [-0.1, -0.05) is 32.0 Å². The van der Waals surface area contributed by atoms with Crippen LogP contribution in [0.5, 0.6) is 5.75 Å². The second-order valence-electron chi connectivity index (χ2n) is 5.24. The number of nitrogens with two attached hydrogens (primary N) is 1. The minimum Gasteiger partial charge on any atom is -0.484 e. The van der Waals surface area contributed by atoms with Gasteiger partial charge in [0.1, 0.15) is 5.75 Å². The van der Waals surface area contributed by atoms with E-state index in [1.54, 1.807) is 4.90 Å². The van der Waals surface area contributed by atoms with Crippen LogP contribution in [0.25, 0.3) is 0 Å². The third-order valence-electron chi connectivity index (χ3n) is 3.58. The molecule has 1 aromatic rings. The number of hydrogen-bond acceptors (Lipinski definition) is 3. The number of para-hydroxylation sites is 1. The predicted molar refractivity (Wildman–Crippen MR) is 70.3 cm³/mol. The van der Waals surface area contributed by atoms with E-state index < -0.39 is 0 Å². The summed E-state index contributed by atoms with van der Waals surface area (Å²) < 4.78 is 5.42. The van der Waals surface area contributed by atoms with E-state index in [2.05, 4.69) is 13.8 Å². The molecule has 1 heterocycles. The summed E-state index contributed by atoms with van der Waals surface area (Å²) in [7, 11) is 0. The Bertz CT molecular complexity index is 411. The Kier molecular flexibility index (Phi) is 3.57. The minimum absolute atomic E-state index is 0.000535. The molecule has 98 valence electrons. The number of benzene rings is 1. The van der Waals surface area contributed by atoms with E-state index in [1.807, 2.05) is 30.3 Å². The fourth-order valence-corrected chi connectivity index (χ4v) is 1.96. The number of amides is 1. The van der Waals surface area contributed by atoms with E-state index >= 15 is 0 Å². The predicted octanol–water partition coefficient (Wildman–Crippen LogP) is 1.26. The van der Waals surface area contributed by atoms with Crippen LogP contribution in [0.3, 0.4) is 0 Å². The van der Waals surface area contributed by atoms with E-state index in [4.69, 9.17) is 10.5 Å². The van der Waals surface area contributed by atoms with Gasteiger partial charge in [-0.2, -0.15) is 0 Å². The van der Waals surface area contributed by atoms with Crippen molar-refractivity contribution in [3.8, 4) is 5.75 Å². The Morgan fingerprint density at radius 1 is 1.39 bits per heavy atom. The molecule has 18 heavy (non-hydrogen) atoms. The van der Waals surface area contributed by atoms with Gasteiger partial charge < -0.3 is 15.4 Å². The first-order chi connectivity index (χ1) is 8.51. The first-order valence-corrected chi connectivity index (χ1v) is 6.26. The first-order valence-electron chi connectivity index (χ1n) is 6.26. The van der Waals surface area contributed by atoms with Gasteiger partial charge in [0.15, 0.2) is 6.61 Å². The lowest BCUT2D eigenvalue weighted by Gasteiger charge is -2.50. The minimum atomic E-state index is -0.220. The first kappa shape index (κ1) is 12.9. The number of ether oxygens (including phenoxy) is 1. The molecular weight excluding hydrogens is 228 g/mol. The molecule has 1 aliphatic heterocycles. The summed E-state index contributed by atoms with van der Waals surface area (Å²) in [4.78, 5) is 13.6. The monoisotopic (exact) mass is 248 g/mol. The SMILES string of the molecule is CC(C)C1(N)CN(C(=O)COc2ccccc2)C1. The fraction of sp³-hybridized carbons (Fsp3) is 0.500. The van der Waals surface area contributed by atoms with Crippen molar-refractivity contribution in [1.29, 1.82) is 0 Å². The van der Waals surface area contributed by atoms with Crippen LogP contribution in [-0.2, 0) is 4.79 Å². The maximum absolute atomic E-state index is 11.9. The van der Waals surface area contributed by atoms with E-state index in [-0.39, 0.29) is 18.1 Å². The molecule has 4 nitrogen and oxygen atoms in total. The lowest BCUT2D eigenvalue weighted by atomic mass is 9.80. The van der Waals surface area contributed by atoms with E-state index in [9.17, 15) is 4.79 Å². The molecule has 2 N–H and O–H groups in total. The largest absolute Gasteiger partial charge is 0.484 e. The summed E-state index contributed by atoms with van der Waals surface area (Å²) in [5, 5.41) is 0. The van der Waals surface area contributed by atoms with Crippen molar-refractivity contribution in [2.75, 3.05) is 19.7 Å². The molecule has 1 aromatic carbocycles. The van der Waals surface area contributed by atoms with Gasteiger partial charge in [-0.15, -0.1) is 0 Å². The number of nitrogens with zero attached hydrogens (tertiary/aromatic N) is 1. The fourth-order valence-electron chi connectivity index (χ4n) is 1.96. The number of carbonyl (C=O) groups excluding carboxylic acids is 1. The molecule has 4 heteroatoms. The molecule has 0 spiro atoms. The molecule has 0 aromatic heterocycles. The van der Waals surface area contributed by atoms with Crippen molar-refractivity contribution in [2.24, 2.45) is 11.7 Å². The van der Waals surface area contributed by atoms with Gasteiger partial charge in [0.2, 0.25) is 0 Å². The summed E-state index contributed by atoms with van der Waals surface area (Å²) in [5.41, 5.74) is 5.93. The van der Waals surface area contributed by atoms with Crippen molar-refractivity contribution in [1.82, 2.24) is 4.90 Å². The molecule has 0 unspecified atom stereocenters. The lowest BCUT2D eigenvalue weighted by Crippen LogP contribution is -2.71. The summed E-state index contributed by atoms with van der Waals surface area (Å²) >= 11 is 0. The zero-order valence-electron chi connectivity index (χ0n) is 10.9. The Labute approximate surface area is 108 Å². The molecule has 1 aliphatic rings. The lowest BCUT2D eigenvalue weighted by molar-refractivity contribution is -0.142. The molecular formula is C14H20N2O2. The van der Waals surface area contributed by atoms with Gasteiger partial charge in [-0.3, -0.25) is 4.79 Å². The number of likely N-dealkylation sites (tertiary alicyclic amines) is 1. The third-order valence-corrected chi connectivity index (χ3v) is 3.58.